The van der Waals surface area contributed by atoms with Crippen molar-refractivity contribution in [1.82, 2.24) is 0 Å². The molecule has 6 heteroatoms. The highest BCUT2D eigenvalue weighted by molar-refractivity contribution is 5.95. The van der Waals surface area contributed by atoms with Crippen molar-refractivity contribution in [3.8, 4) is 0 Å². The van der Waals surface area contributed by atoms with Crippen LogP contribution in [0.5, 0.6) is 0 Å². The molecule has 0 bridgehead atoms. The van der Waals surface area contributed by atoms with Gasteiger partial charge in [0.05, 0.1) is 7.11 Å². The minimum absolute atomic E-state index is 0.0280. The molecule has 0 aliphatic rings. The summed E-state index contributed by atoms with van der Waals surface area (Å²) in [5.74, 6) is -3.86. The van der Waals surface area contributed by atoms with Gasteiger partial charge in [0.2, 0.25) is 0 Å². The van der Waals surface area contributed by atoms with Crippen LogP contribution in [0.25, 0.3) is 0 Å². The molecule has 1 aromatic carbocycles. The normalized spacial score (nSPS) is 11.4. The molecule has 0 aromatic heterocycles. The Morgan fingerprint density at radius 1 is 1.15 bits per heavy atom. The summed E-state index contributed by atoms with van der Waals surface area (Å²) in [6.07, 6.45) is -0.449. The number of carbonyl (C=O) groups is 3. The molecule has 1 rings (SSSR count). The highest BCUT2D eigenvalue weighted by atomic mass is 16.5. The predicted octanol–water partition coefficient (Wildman–Crippen LogP) is 1.38. The van der Waals surface area contributed by atoms with E-state index >= 15 is 0 Å². The van der Waals surface area contributed by atoms with Crippen LogP contribution >= 0.6 is 0 Å². The number of hydrogen-bond donors (Lipinski definition) is 1. The Bertz CT molecular complexity index is 468. The van der Waals surface area contributed by atoms with E-state index in [2.05, 4.69) is 4.74 Å². The van der Waals surface area contributed by atoms with Gasteiger partial charge in [-0.25, -0.2) is 0 Å². The molecule has 0 aliphatic carbocycles. The summed E-state index contributed by atoms with van der Waals surface area (Å²) in [6.45, 7) is 0.0280. The monoisotopic (exact) mass is 280 g/mol. The van der Waals surface area contributed by atoms with E-state index in [1.807, 2.05) is 6.07 Å². The topological polar surface area (TPSA) is 89.9 Å². The van der Waals surface area contributed by atoms with Crippen LogP contribution in [0.3, 0.4) is 0 Å². The smallest absolute Gasteiger partial charge is 0.320 e. The molecular weight excluding hydrogens is 264 g/mol. The van der Waals surface area contributed by atoms with Crippen LogP contribution in [0.1, 0.15) is 18.4 Å². The van der Waals surface area contributed by atoms with Gasteiger partial charge in [-0.1, -0.05) is 30.3 Å². The standard InChI is InChI=1S/C14H16O6/c1-19-13(17)11(7-8-12(15)16)14(18)20-9-10-5-3-2-4-6-10/h2-6,11H,7-9H2,1H3,(H,15,16)/t11-/m0/s1. The summed E-state index contributed by atoms with van der Waals surface area (Å²) in [7, 11) is 1.14. The predicted molar refractivity (Wildman–Crippen MR) is 68.6 cm³/mol. The minimum atomic E-state index is -1.21. The Kier molecular flexibility index (Phi) is 6.22. The van der Waals surface area contributed by atoms with Crippen molar-refractivity contribution in [1.29, 1.82) is 0 Å². The lowest BCUT2D eigenvalue weighted by atomic mass is 10.0. The molecule has 0 radical (unpaired) electrons. The van der Waals surface area contributed by atoms with Crippen LogP contribution < -0.4 is 0 Å². The molecule has 0 saturated carbocycles. The highest BCUT2D eigenvalue weighted by Crippen LogP contribution is 2.13. The molecule has 1 aromatic rings. The number of methoxy groups -OCH3 is 1. The third kappa shape index (κ3) is 5.09. The molecule has 6 nitrogen and oxygen atoms in total. The van der Waals surface area contributed by atoms with E-state index in [1.54, 1.807) is 24.3 Å². The maximum absolute atomic E-state index is 11.8. The number of carbonyl (C=O) groups excluding carboxylic acids is 2. The quantitative estimate of drug-likeness (QED) is 0.599. The first kappa shape index (κ1) is 15.7. The highest BCUT2D eigenvalue weighted by Gasteiger charge is 2.29. The average molecular weight is 280 g/mol. The van der Waals surface area contributed by atoms with Crippen molar-refractivity contribution < 1.29 is 29.0 Å². The number of hydrogen-bond acceptors (Lipinski definition) is 5. The van der Waals surface area contributed by atoms with Gasteiger partial charge < -0.3 is 14.6 Å². The molecule has 108 valence electrons. The van der Waals surface area contributed by atoms with Crippen LogP contribution in [0.4, 0.5) is 0 Å². The summed E-state index contributed by atoms with van der Waals surface area (Å²) >= 11 is 0. The maximum atomic E-state index is 11.8. The second kappa shape index (κ2) is 7.93. The lowest BCUT2D eigenvalue weighted by Gasteiger charge is -2.13. The fourth-order valence-corrected chi connectivity index (χ4v) is 1.57. The first-order valence-corrected chi connectivity index (χ1v) is 6.04. The number of ether oxygens (including phenoxy) is 2. The first-order valence-electron chi connectivity index (χ1n) is 6.04. The number of esters is 2. The Balaban J connectivity index is 2.58. The van der Waals surface area contributed by atoms with Crippen LogP contribution in [0, 0.1) is 5.92 Å². The molecule has 0 aliphatic heterocycles. The first-order chi connectivity index (χ1) is 9.54. The van der Waals surface area contributed by atoms with Crippen LogP contribution in [0.2, 0.25) is 0 Å². The van der Waals surface area contributed by atoms with Crippen molar-refractivity contribution in [3.05, 3.63) is 35.9 Å². The third-order valence-corrected chi connectivity index (χ3v) is 2.64. The summed E-state index contributed by atoms with van der Waals surface area (Å²) in [6, 6.07) is 8.97. The summed E-state index contributed by atoms with van der Waals surface area (Å²) in [5.41, 5.74) is 0.780. The fourth-order valence-electron chi connectivity index (χ4n) is 1.57. The molecule has 0 unspecified atom stereocenters. The molecule has 0 saturated heterocycles. The zero-order valence-corrected chi connectivity index (χ0v) is 11.1. The van der Waals surface area contributed by atoms with Crippen LogP contribution in [-0.2, 0) is 30.5 Å². The minimum Gasteiger partial charge on any atom is -0.481 e. The van der Waals surface area contributed by atoms with Crippen LogP contribution in [0.15, 0.2) is 30.3 Å². The van der Waals surface area contributed by atoms with E-state index in [1.165, 1.54) is 0 Å². The number of carboxylic acids is 1. The van der Waals surface area contributed by atoms with E-state index in [9.17, 15) is 14.4 Å². The molecule has 20 heavy (non-hydrogen) atoms. The van der Waals surface area contributed by atoms with E-state index < -0.39 is 23.8 Å². The van der Waals surface area contributed by atoms with Crippen molar-refractivity contribution in [3.63, 3.8) is 0 Å². The molecule has 0 heterocycles. The molecular formula is C14H16O6. The molecule has 1 atom stereocenters. The lowest BCUT2D eigenvalue weighted by molar-refractivity contribution is -0.161. The lowest BCUT2D eigenvalue weighted by Crippen LogP contribution is -2.28. The van der Waals surface area contributed by atoms with Crippen molar-refractivity contribution in [2.75, 3.05) is 7.11 Å². The van der Waals surface area contributed by atoms with Gasteiger partial charge in [0.15, 0.2) is 5.92 Å². The van der Waals surface area contributed by atoms with Crippen molar-refractivity contribution in [2.45, 2.75) is 19.4 Å². The van der Waals surface area contributed by atoms with E-state index in [-0.39, 0.29) is 19.4 Å². The second-order valence-electron chi connectivity index (χ2n) is 4.10. The van der Waals surface area contributed by atoms with Gasteiger partial charge in [0.25, 0.3) is 0 Å². The Morgan fingerprint density at radius 2 is 1.80 bits per heavy atom. The Labute approximate surface area is 116 Å². The SMILES string of the molecule is COC(=O)[C@H](CCC(=O)O)C(=O)OCc1ccccc1. The molecule has 1 N–H and O–H groups in total. The number of rotatable bonds is 7. The van der Waals surface area contributed by atoms with Gasteiger partial charge in [-0.3, -0.25) is 14.4 Å². The zero-order valence-electron chi connectivity index (χ0n) is 11.1. The van der Waals surface area contributed by atoms with Gasteiger partial charge in [-0.2, -0.15) is 0 Å². The van der Waals surface area contributed by atoms with Crippen molar-refractivity contribution in [2.24, 2.45) is 5.92 Å². The average Bonchev–Trinajstić information content (AvgIpc) is 2.45. The Hall–Kier alpha value is -2.37. The van der Waals surface area contributed by atoms with Crippen molar-refractivity contribution >= 4 is 17.9 Å². The number of benzene rings is 1. The second-order valence-corrected chi connectivity index (χ2v) is 4.10. The maximum Gasteiger partial charge on any atom is 0.320 e. The van der Waals surface area contributed by atoms with E-state index in [0.717, 1.165) is 12.7 Å². The largest absolute Gasteiger partial charge is 0.481 e. The van der Waals surface area contributed by atoms with Gasteiger partial charge in [-0.15, -0.1) is 0 Å². The number of aliphatic carboxylic acids is 1. The summed E-state index contributed by atoms with van der Waals surface area (Å²) < 4.78 is 9.50. The third-order valence-electron chi connectivity index (χ3n) is 2.64. The number of carboxylic acid groups (broad SMARTS) is 1. The molecule has 0 spiro atoms. The van der Waals surface area contributed by atoms with E-state index in [0.29, 0.717) is 0 Å². The van der Waals surface area contributed by atoms with Gasteiger partial charge in [-0.05, 0) is 12.0 Å². The van der Waals surface area contributed by atoms with Gasteiger partial charge in [0, 0.05) is 6.42 Å². The summed E-state index contributed by atoms with van der Waals surface area (Å²) in [5, 5.41) is 8.60. The molecule has 0 fully saturated rings. The molecule has 0 amide bonds. The summed E-state index contributed by atoms with van der Waals surface area (Å²) in [4.78, 5) is 33.8. The van der Waals surface area contributed by atoms with Crippen LogP contribution in [-0.4, -0.2) is 30.1 Å². The van der Waals surface area contributed by atoms with Gasteiger partial charge in [0.1, 0.15) is 6.61 Å². The Morgan fingerprint density at radius 3 is 2.35 bits per heavy atom. The zero-order chi connectivity index (χ0) is 15.0. The van der Waals surface area contributed by atoms with Gasteiger partial charge >= 0.3 is 17.9 Å². The fraction of sp³-hybridized carbons (Fsp3) is 0.357. The van der Waals surface area contributed by atoms with E-state index in [4.69, 9.17) is 9.84 Å².